The first-order valence-electron chi connectivity index (χ1n) is 12.1. The molecule has 0 aliphatic heterocycles. The molecule has 1 amide bonds. The van der Waals surface area contributed by atoms with Gasteiger partial charge in [-0.2, -0.15) is 0 Å². The summed E-state index contributed by atoms with van der Waals surface area (Å²) in [6.07, 6.45) is 7.57. The Balaban J connectivity index is 1.36. The molecule has 4 heteroatoms. The van der Waals surface area contributed by atoms with E-state index < -0.39 is 0 Å². The maximum Gasteiger partial charge on any atom is 0.252 e. The van der Waals surface area contributed by atoms with Crippen molar-refractivity contribution in [3.8, 4) is 17.0 Å². The number of nitrogens with zero attached hydrogens (tertiary/aromatic N) is 1. The van der Waals surface area contributed by atoms with Crippen molar-refractivity contribution in [1.82, 2.24) is 10.3 Å². The quantitative estimate of drug-likeness (QED) is 0.544. The Morgan fingerprint density at radius 3 is 2.31 bits per heavy atom. The van der Waals surface area contributed by atoms with Gasteiger partial charge in [-0.1, -0.05) is 18.2 Å². The summed E-state index contributed by atoms with van der Waals surface area (Å²) in [7, 11) is 0. The van der Waals surface area contributed by atoms with E-state index in [0.29, 0.717) is 6.61 Å². The third kappa shape index (κ3) is 3.46. The first-order chi connectivity index (χ1) is 15.6. The molecule has 1 N–H and O–H groups in total. The zero-order chi connectivity index (χ0) is 21.7. The first-order valence-corrected chi connectivity index (χ1v) is 12.1. The van der Waals surface area contributed by atoms with Crippen LogP contribution in [0.1, 0.15) is 55.8 Å². The van der Waals surface area contributed by atoms with Crippen LogP contribution in [0.4, 0.5) is 0 Å². The third-order valence-corrected chi connectivity index (χ3v) is 7.84. The molecule has 4 aliphatic carbocycles. The highest BCUT2D eigenvalue weighted by Gasteiger charge is 2.51. The molecule has 4 bridgehead atoms. The van der Waals surface area contributed by atoms with Gasteiger partial charge in [-0.05, 0) is 99.6 Å². The number of carbonyl (C=O) groups excluding carboxylic acids is 1. The number of hydrogen-bond acceptors (Lipinski definition) is 3. The van der Waals surface area contributed by atoms with Crippen LogP contribution in [0.3, 0.4) is 0 Å². The van der Waals surface area contributed by atoms with Crippen molar-refractivity contribution in [2.45, 2.75) is 51.0 Å². The van der Waals surface area contributed by atoms with E-state index >= 15 is 0 Å². The van der Waals surface area contributed by atoms with Gasteiger partial charge in [0.15, 0.2) is 0 Å². The van der Waals surface area contributed by atoms with Gasteiger partial charge in [-0.3, -0.25) is 4.79 Å². The molecule has 0 radical (unpaired) electrons. The number of benzene rings is 2. The van der Waals surface area contributed by atoms with Crippen molar-refractivity contribution in [3.05, 3.63) is 60.2 Å². The SMILES string of the molecule is CCOc1ccc(-c2cc(C(=O)NC34CC5CC(CC(C5)C3)C4)c3ccccc3n2)cc1. The van der Waals surface area contributed by atoms with Crippen LogP contribution in [0, 0.1) is 17.8 Å². The highest BCUT2D eigenvalue weighted by molar-refractivity contribution is 6.07. The van der Waals surface area contributed by atoms with Gasteiger partial charge in [0.2, 0.25) is 0 Å². The van der Waals surface area contributed by atoms with Gasteiger partial charge in [-0.25, -0.2) is 4.98 Å². The van der Waals surface area contributed by atoms with Crippen molar-refractivity contribution < 1.29 is 9.53 Å². The Labute approximate surface area is 189 Å². The second-order valence-corrected chi connectivity index (χ2v) is 10.2. The number of para-hydroxylation sites is 1. The van der Waals surface area contributed by atoms with Gasteiger partial charge < -0.3 is 10.1 Å². The number of fused-ring (bicyclic) bond motifs is 1. The summed E-state index contributed by atoms with van der Waals surface area (Å²) in [6, 6.07) is 17.9. The maximum atomic E-state index is 13.7. The second kappa shape index (κ2) is 7.61. The van der Waals surface area contributed by atoms with Crippen LogP contribution in [-0.4, -0.2) is 23.0 Å². The van der Waals surface area contributed by atoms with Crippen LogP contribution in [0.5, 0.6) is 5.75 Å². The lowest BCUT2D eigenvalue weighted by molar-refractivity contribution is -0.0166. The maximum absolute atomic E-state index is 13.7. The summed E-state index contributed by atoms with van der Waals surface area (Å²) in [6.45, 7) is 2.62. The van der Waals surface area contributed by atoms with Gasteiger partial charge in [-0.15, -0.1) is 0 Å². The van der Waals surface area contributed by atoms with E-state index in [1.165, 1.54) is 19.3 Å². The average Bonchev–Trinajstić information content (AvgIpc) is 2.78. The van der Waals surface area contributed by atoms with Crippen molar-refractivity contribution in [2.75, 3.05) is 6.61 Å². The van der Waals surface area contributed by atoms with Crippen LogP contribution in [0.25, 0.3) is 22.2 Å². The van der Waals surface area contributed by atoms with Gasteiger partial charge in [0.05, 0.1) is 23.4 Å². The highest BCUT2D eigenvalue weighted by atomic mass is 16.5. The molecule has 32 heavy (non-hydrogen) atoms. The highest BCUT2D eigenvalue weighted by Crippen LogP contribution is 2.55. The number of ether oxygens (including phenoxy) is 1. The van der Waals surface area contributed by atoms with Gasteiger partial charge in [0.1, 0.15) is 5.75 Å². The lowest BCUT2D eigenvalue weighted by Gasteiger charge is -2.56. The second-order valence-electron chi connectivity index (χ2n) is 10.2. The first kappa shape index (κ1) is 19.8. The fourth-order valence-electron chi connectivity index (χ4n) is 6.97. The lowest BCUT2D eigenvalue weighted by atomic mass is 9.53. The minimum Gasteiger partial charge on any atom is -0.494 e. The molecule has 164 valence electrons. The van der Waals surface area contributed by atoms with Crippen molar-refractivity contribution in [3.63, 3.8) is 0 Å². The molecule has 2 aromatic carbocycles. The molecule has 0 saturated heterocycles. The van der Waals surface area contributed by atoms with Gasteiger partial charge in [0, 0.05) is 16.5 Å². The Morgan fingerprint density at radius 2 is 1.66 bits per heavy atom. The number of hydrogen-bond donors (Lipinski definition) is 1. The molecule has 4 saturated carbocycles. The number of rotatable bonds is 5. The van der Waals surface area contributed by atoms with E-state index in [0.717, 1.165) is 70.5 Å². The fourth-order valence-corrected chi connectivity index (χ4v) is 6.97. The van der Waals surface area contributed by atoms with E-state index in [1.807, 2.05) is 61.5 Å². The molecule has 4 fully saturated rings. The van der Waals surface area contributed by atoms with Crippen LogP contribution in [0.2, 0.25) is 0 Å². The van der Waals surface area contributed by atoms with E-state index in [2.05, 4.69) is 5.32 Å². The molecular formula is C28H30N2O2. The van der Waals surface area contributed by atoms with Crippen LogP contribution in [-0.2, 0) is 0 Å². The molecule has 3 aromatic rings. The molecule has 1 heterocycles. The summed E-state index contributed by atoms with van der Waals surface area (Å²) in [5.74, 6) is 3.30. The number of carbonyl (C=O) groups is 1. The molecule has 7 rings (SSSR count). The van der Waals surface area contributed by atoms with Crippen molar-refractivity contribution in [1.29, 1.82) is 0 Å². The summed E-state index contributed by atoms with van der Waals surface area (Å²) in [4.78, 5) is 18.6. The number of pyridine rings is 1. The fraction of sp³-hybridized carbons (Fsp3) is 0.429. The average molecular weight is 427 g/mol. The van der Waals surface area contributed by atoms with Crippen LogP contribution in [0.15, 0.2) is 54.6 Å². The van der Waals surface area contributed by atoms with Crippen molar-refractivity contribution in [2.24, 2.45) is 17.8 Å². The zero-order valence-electron chi connectivity index (χ0n) is 18.6. The molecule has 0 spiro atoms. The summed E-state index contributed by atoms with van der Waals surface area (Å²) < 4.78 is 5.58. The number of aromatic nitrogens is 1. The molecule has 4 aliphatic rings. The van der Waals surface area contributed by atoms with Crippen LogP contribution < -0.4 is 10.1 Å². The van der Waals surface area contributed by atoms with E-state index in [-0.39, 0.29) is 11.4 Å². The minimum atomic E-state index is -0.00445. The number of amides is 1. The Bertz CT molecular complexity index is 1130. The summed E-state index contributed by atoms with van der Waals surface area (Å²) in [5.41, 5.74) is 3.39. The topological polar surface area (TPSA) is 51.2 Å². The minimum absolute atomic E-state index is 0.00445. The monoisotopic (exact) mass is 426 g/mol. The molecule has 1 aromatic heterocycles. The Kier molecular flexibility index (Phi) is 4.71. The van der Waals surface area contributed by atoms with Crippen LogP contribution >= 0.6 is 0 Å². The predicted molar refractivity (Wildman–Crippen MR) is 127 cm³/mol. The predicted octanol–water partition coefficient (Wildman–Crippen LogP) is 6.00. The normalized spacial score (nSPS) is 28.1. The molecule has 4 nitrogen and oxygen atoms in total. The van der Waals surface area contributed by atoms with Crippen molar-refractivity contribution >= 4 is 16.8 Å². The van der Waals surface area contributed by atoms with Gasteiger partial charge >= 0.3 is 0 Å². The Hall–Kier alpha value is -2.88. The van der Waals surface area contributed by atoms with E-state index in [4.69, 9.17) is 9.72 Å². The number of nitrogens with one attached hydrogen (secondary N) is 1. The smallest absolute Gasteiger partial charge is 0.252 e. The Morgan fingerprint density at radius 1 is 1.00 bits per heavy atom. The largest absolute Gasteiger partial charge is 0.494 e. The summed E-state index contributed by atoms with van der Waals surface area (Å²) in [5, 5.41) is 4.47. The summed E-state index contributed by atoms with van der Waals surface area (Å²) >= 11 is 0. The molecule has 0 unspecified atom stereocenters. The molecule has 0 atom stereocenters. The zero-order valence-corrected chi connectivity index (χ0v) is 18.6. The standard InChI is InChI=1S/C28H30N2O2/c1-2-32-22-9-7-21(8-10-22)26-14-24(23-5-3-4-6-25(23)29-26)27(31)30-28-15-18-11-19(16-28)13-20(12-18)17-28/h3-10,14,18-20H,2,11-13,15-17H2,1H3,(H,30,31). The van der Waals surface area contributed by atoms with E-state index in [1.54, 1.807) is 0 Å². The van der Waals surface area contributed by atoms with Gasteiger partial charge in [0.25, 0.3) is 5.91 Å². The third-order valence-electron chi connectivity index (χ3n) is 7.84. The molecular weight excluding hydrogens is 396 g/mol. The van der Waals surface area contributed by atoms with E-state index in [9.17, 15) is 4.79 Å². The lowest BCUT2D eigenvalue weighted by Crippen LogP contribution is -2.59.